The highest BCUT2D eigenvalue weighted by Gasteiger charge is 2.28. The van der Waals surface area contributed by atoms with Crippen LogP contribution in [0.1, 0.15) is 24.2 Å². The van der Waals surface area contributed by atoms with Gasteiger partial charge in [-0.1, -0.05) is 0 Å². The van der Waals surface area contributed by atoms with E-state index in [2.05, 4.69) is 0 Å². The zero-order valence-electron chi connectivity index (χ0n) is 9.64. The molecule has 1 aliphatic rings. The maximum atomic E-state index is 11.7. The maximum Gasteiger partial charge on any atom is 0.335 e. The molecule has 1 aliphatic heterocycles. The number of hydrogen-bond donors (Lipinski definition) is 1. The number of benzene rings is 1. The molecule has 0 aliphatic carbocycles. The standard InChI is InChI=1S/C12H13NO4/c1-7(2)13-9-4-3-8(12(15)16)5-10(9)17-6-11(13)14/h3-5,7H,6H2,1-2H3,(H,15,16). The largest absolute Gasteiger partial charge is 0.482 e. The van der Waals surface area contributed by atoms with Gasteiger partial charge in [0.05, 0.1) is 11.3 Å². The Balaban J connectivity index is 2.48. The minimum absolute atomic E-state index is 0.0147. The van der Waals surface area contributed by atoms with E-state index in [0.717, 1.165) is 0 Å². The summed E-state index contributed by atoms with van der Waals surface area (Å²) in [5.74, 6) is -0.682. The van der Waals surface area contributed by atoms with Gasteiger partial charge in [0, 0.05) is 6.04 Å². The Kier molecular flexibility index (Phi) is 2.75. The van der Waals surface area contributed by atoms with E-state index >= 15 is 0 Å². The molecule has 1 aromatic carbocycles. The van der Waals surface area contributed by atoms with E-state index in [1.54, 1.807) is 11.0 Å². The van der Waals surface area contributed by atoms with Crippen molar-refractivity contribution >= 4 is 17.6 Å². The molecule has 0 fully saturated rings. The molecule has 0 spiro atoms. The summed E-state index contributed by atoms with van der Waals surface area (Å²) in [6.45, 7) is 3.75. The van der Waals surface area contributed by atoms with E-state index in [4.69, 9.17) is 9.84 Å². The van der Waals surface area contributed by atoms with Crippen molar-refractivity contribution in [2.24, 2.45) is 0 Å². The molecule has 90 valence electrons. The molecule has 2 rings (SSSR count). The number of carbonyl (C=O) groups is 2. The van der Waals surface area contributed by atoms with Crippen molar-refractivity contribution in [1.82, 2.24) is 0 Å². The monoisotopic (exact) mass is 235 g/mol. The number of hydrogen-bond acceptors (Lipinski definition) is 3. The molecule has 0 saturated heterocycles. The van der Waals surface area contributed by atoms with Crippen molar-refractivity contribution in [2.45, 2.75) is 19.9 Å². The van der Waals surface area contributed by atoms with Gasteiger partial charge in [0.2, 0.25) is 0 Å². The van der Waals surface area contributed by atoms with Gasteiger partial charge < -0.3 is 14.7 Å². The summed E-state index contributed by atoms with van der Waals surface area (Å²) in [7, 11) is 0. The predicted molar refractivity (Wildman–Crippen MR) is 61.5 cm³/mol. The molecule has 0 atom stereocenters. The second kappa shape index (κ2) is 4.08. The molecule has 0 bridgehead atoms. The Bertz CT molecular complexity index is 481. The van der Waals surface area contributed by atoms with E-state index in [-0.39, 0.29) is 24.1 Å². The lowest BCUT2D eigenvalue weighted by molar-refractivity contribution is -0.121. The average molecular weight is 235 g/mol. The van der Waals surface area contributed by atoms with Crippen molar-refractivity contribution in [2.75, 3.05) is 11.5 Å². The Morgan fingerprint density at radius 1 is 1.47 bits per heavy atom. The van der Waals surface area contributed by atoms with Gasteiger partial charge in [-0.05, 0) is 32.0 Å². The third kappa shape index (κ3) is 1.95. The van der Waals surface area contributed by atoms with Crippen molar-refractivity contribution in [3.05, 3.63) is 23.8 Å². The van der Waals surface area contributed by atoms with E-state index in [0.29, 0.717) is 11.4 Å². The van der Waals surface area contributed by atoms with E-state index in [1.807, 2.05) is 13.8 Å². The lowest BCUT2D eigenvalue weighted by Gasteiger charge is -2.32. The first-order chi connectivity index (χ1) is 8.00. The second-order valence-electron chi connectivity index (χ2n) is 4.13. The minimum Gasteiger partial charge on any atom is -0.482 e. The molecular weight excluding hydrogens is 222 g/mol. The molecule has 5 nitrogen and oxygen atoms in total. The SMILES string of the molecule is CC(C)N1C(=O)COc2cc(C(=O)O)ccc21. The Morgan fingerprint density at radius 3 is 2.76 bits per heavy atom. The highest BCUT2D eigenvalue weighted by molar-refractivity contribution is 5.99. The Labute approximate surface area is 98.6 Å². The predicted octanol–water partition coefficient (Wildman–Crippen LogP) is 1.52. The smallest absolute Gasteiger partial charge is 0.335 e. The summed E-state index contributed by atoms with van der Waals surface area (Å²) in [5, 5.41) is 8.88. The maximum absolute atomic E-state index is 11.7. The van der Waals surface area contributed by atoms with Gasteiger partial charge in [0.15, 0.2) is 6.61 Å². The molecule has 0 saturated carbocycles. The molecule has 1 aromatic rings. The fraction of sp³-hybridized carbons (Fsp3) is 0.333. The topological polar surface area (TPSA) is 66.8 Å². The lowest BCUT2D eigenvalue weighted by atomic mass is 10.1. The van der Waals surface area contributed by atoms with Gasteiger partial charge in [-0.3, -0.25) is 4.79 Å². The van der Waals surface area contributed by atoms with Crippen molar-refractivity contribution in [3.8, 4) is 5.75 Å². The first kappa shape index (κ1) is 11.4. The van der Waals surface area contributed by atoms with Crippen LogP contribution in [0.4, 0.5) is 5.69 Å². The summed E-state index contributed by atoms with van der Waals surface area (Å²) in [5.41, 5.74) is 0.781. The van der Waals surface area contributed by atoms with Crippen LogP contribution < -0.4 is 9.64 Å². The summed E-state index contributed by atoms with van der Waals surface area (Å²) < 4.78 is 5.25. The summed E-state index contributed by atoms with van der Waals surface area (Å²) in [4.78, 5) is 24.1. The molecule has 0 radical (unpaired) electrons. The number of aromatic carboxylic acids is 1. The number of amides is 1. The van der Waals surface area contributed by atoms with Crippen LogP contribution in [0.3, 0.4) is 0 Å². The first-order valence-electron chi connectivity index (χ1n) is 5.33. The number of carboxylic acids is 1. The number of fused-ring (bicyclic) bond motifs is 1. The number of carboxylic acid groups (broad SMARTS) is 1. The highest BCUT2D eigenvalue weighted by atomic mass is 16.5. The molecule has 0 aromatic heterocycles. The van der Waals surface area contributed by atoms with Gasteiger partial charge in [-0.15, -0.1) is 0 Å². The molecule has 17 heavy (non-hydrogen) atoms. The highest BCUT2D eigenvalue weighted by Crippen LogP contribution is 2.34. The van der Waals surface area contributed by atoms with E-state index in [1.165, 1.54) is 12.1 Å². The third-order valence-electron chi connectivity index (χ3n) is 2.60. The summed E-state index contributed by atoms with van der Waals surface area (Å²) >= 11 is 0. The van der Waals surface area contributed by atoms with Crippen LogP contribution in [-0.2, 0) is 4.79 Å². The quantitative estimate of drug-likeness (QED) is 0.843. The number of carbonyl (C=O) groups excluding carboxylic acids is 1. The van der Waals surface area contributed by atoms with Gasteiger partial charge in [-0.2, -0.15) is 0 Å². The molecule has 1 amide bonds. The van der Waals surface area contributed by atoms with Crippen LogP contribution in [0.5, 0.6) is 5.75 Å². The fourth-order valence-corrected chi connectivity index (χ4v) is 1.87. The van der Waals surface area contributed by atoms with Crippen LogP contribution in [0.2, 0.25) is 0 Å². The van der Waals surface area contributed by atoms with Crippen molar-refractivity contribution in [1.29, 1.82) is 0 Å². The van der Waals surface area contributed by atoms with Gasteiger partial charge in [0.25, 0.3) is 5.91 Å². The minimum atomic E-state index is -1.01. The fourth-order valence-electron chi connectivity index (χ4n) is 1.87. The van der Waals surface area contributed by atoms with Gasteiger partial charge >= 0.3 is 5.97 Å². The molecule has 1 N–H and O–H groups in total. The number of anilines is 1. The van der Waals surface area contributed by atoms with E-state index < -0.39 is 5.97 Å². The number of rotatable bonds is 2. The lowest BCUT2D eigenvalue weighted by Crippen LogP contribution is -2.43. The van der Waals surface area contributed by atoms with Gasteiger partial charge in [0.1, 0.15) is 5.75 Å². The Morgan fingerprint density at radius 2 is 2.18 bits per heavy atom. The Hall–Kier alpha value is -2.04. The van der Waals surface area contributed by atoms with Crippen LogP contribution in [0.15, 0.2) is 18.2 Å². The van der Waals surface area contributed by atoms with Crippen LogP contribution in [-0.4, -0.2) is 29.6 Å². The van der Waals surface area contributed by atoms with Crippen LogP contribution in [0.25, 0.3) is 0 Å². The van der Waals surface area contributed by atoms with E-state index in [9.17, 15) is 9.59 Å². The van der Waals surface area contributed by atoms with Crippen LogP contribution in [0, 0.1) is 0 Å². The molecule has 1 heterocycles. The molecule has 0 unspecified atom stereocenters. The summed E-state index contributed by atoms with van der Waals surface area (Å²) in [6, 6.07) is 4.54. The third-order valence-corrected chi connectivity index (χ3v) is 2.60. The zero-order chi connectivity index (χ0) is 12.6. The summed E-state index contributed by atoms with van der Waals surface area (Å²) in [6.07, 6.45) is 0. The second-order valence-corrected chi connectivity index (χ2v) is 4.13. The zero-order valence-corrected chi connectivity index (χ0v) is 9.64. The average Bonchev–Trinajstić information content (AvgIpc) is 2.27. The number of ether oxygens (including phenoxy) is 1. The molecular formula is C12H13NO4. The van der Waals surface area contributed by atoms with Crippen LogP contribution >= 0.6 is 0 Å². The van der Waals surface area contributed by atoms with Crippen molar-refractivity contribution < 1.29 is 19.4 Å². The first-order valence-corrected chi connectivity index (χ1v) is 5.33. The van der Waals surface area contributed by atoms with Gasteiger partial charge in [-0.25, -0.2) is 4.79 Å². The van der Waals surface area contributed by atoms with Crippen molar-refractivity contribution in [3.63, 3.8) is 0 Å². The normalized spacial score (nSPS) is 14.5. The molecule has 5 heteroatoms. The number of nitrogens with zero attached hydrogens (tertiary/aromatic N) is 1.